The number of para-hydroxylation sites is 2. The molecule has 1 aromatic carbocycles. The normalized spacial score (nSPS) is 10.2. The third-order valence-corrected chi connectivity index (χ3v) is 2.18. The molecule has 0 radical (unpaired) electrons. The van der Waals surface area contributed by atoms with E-state index in [0.717, 1.165) is 16.0 Å². The molecule has 0 atom stereocenters. The van der Waals surface area contributed by atoms with Crippen molar-refractivity contribution in [3.05, 3.63) is 41.4 Å². The van der Waals surface area contributed by atoms with Crippen molar-refractivity contribution in [2.45, 2.75) is 0 Å². The Kier molecular flexibility index (Phi) is 2.06. The summed E-state index contributed by atoms with van der Waals surface area (Å²) in [7, 11) is 0. The van der Waals surface area contributed by atoms with Gasteiger partial charge in [-0.3, -0.25) is 0 Å². The summed E-state index contributed by atoms with van der Waals surface area (Å²) in [6, 6.07) is 7.66. The highest BCUT2D eigenvalue weighted by atomic mass is 79.9. The molecule has 13 heavy (non-hydrogen) atoms. The lowest BCUT2D eigenvalue weighted by Gasteiger charge is -2.04. The highest BCUT2D eigenvalue weighted by Gasteiger charge is 2.00. The number of rotatable bonds is 1. The van der Waals surface area contributed by atoms with Crippen LogP contribution < -0.4 is 5.73 Å². The molecule has 0 amide bonds. The maximum absolute atomic E-state index is 5.80. The zero-order valence-corrected chi connectivity index (χ0v) is 8.40. The summed E-state index contributed by atoms with van der Waals surface area (Å²) < 4.78 is 2.68. The van der Waals surface area contributed by atoms with Gasteiger partial charge in [0.15, 0.2) is 0 Å². The summed E-state index contributed by atoms with van der Waals surface area (Å²) >= 11 is 3.28. The van der Waals surface area contributed by atoms with Crippen LogP contribution in [-0.2, 0) is 0 Å². The number of nitrogens with zero attached hydrogens (tertiary/aromatic N) is 2. The van der Waals surface area contributed by atoms with Gasteiger partial charge >= 0.3 is 0 Å². The van der Waals surface area contributed by atoms with Crippen LogP contribution in [0.1, 0.15) is 0 Å². The van der Waals surface area contributed by atoms with E-state index in [-0.39, 0.29) is 0 Å². The summed E-state index contributed by atoms with van der Waals surface area (Å²) in [5, 5.41) is 0. The van der Waals surface area contributed by atoms with Crippen LogP contribution in [0.3, 0.4) is 0 Å². The van der Waals surface area contributed by atoms with E-state index in [1.165, 1.54) is 0 Å². The summed E-state index contributed by atoms with van der Waals surface area (Å²) in [5.74, 6) is 0. The van der Waals surface area contributed by atoms with Gasteiger partial charge in [0, 0.05) is 6.20 Å². The second-order valence-electron chi connectivity index (χ2n) is 2.66. The van der Waals surface area contributed by atoms with Crippen molar-refractivity contribution >= 4 is 21.6 Å². The first kappa shape index (κ1) is 8.31. The number of anilines is 1. The van der Waals surface area contributed by atoms with E-state index in [0.29, 0.717) is 0 Å². The molecular formula is C9H8BrN3. The van der Waals surface area contributed by atoms with Gasteiger partial charge in [0.05, 0.1) is 11.4 Å². The molecule has 0 aliphatic carbocycles. The first-order chi connectivity index (χ1) is 6.27. The van der Waals surface area contributed by atoms with Gasteiger partial charge in [-0.15, -0.1) is 0 Å². The number of hydrogen-bond acceptors (Lipinski definition) is 2. The topological polar surface area (TPSA) is 43.8 Å². The quantitative estimate of drug-likeness (QED) is 0.774. The van der Waals surface area contributed by atoms with Crippen molar-refractivity contribution in [2.75, 3.05) is 5.73 Å². The van der Waals surface area contributed by atoms with Crippen LogP contribution in [0.5, 0.6) is 0 Å². The van der Waals surface area contributed by atoms with Gasteiger partial charge in [0.2, 0.25) is 0 Å². The lowest BCUT2D eigenvalue weighted by molar-refractivity contribution is 1.06. The number of hydrogen-bond donors (Lipinski definition) is 1. The first-order valence-corrected chi connectivity index (χ1v) is 4.61. The monoisotopic (exact) mass is 237 g/mol. The van der Waals surface area contributed by atoms with Gasteiger partial charge in [0.25, 0.3) is 0 Å². The number of nitrogen functional groups attached to an aromatic ring is 1. The largest absolute Gasteiger partial charge is 0.397 e. The fraction of sp³-hybridized carbons (Fsp3) is 0. The lowest BCUT2D eigenvalue weighted by atomic mass is 10.3. The molecule has 0 unspecified atom stereocenters. The van der Waals surface area contributed by atoms with Gasteiger partial charge in [-0.1, -0.05) is 12.1 Å². The van der Waals surface area contributed by atoms with Gasteiger partial charge in [0.1, 0.15) is 10.9 Å². The Labute approximate surface area is 84.3 Å². The average molecular weight is 238 g/mol. The van der Waals surface area contributed by atoms with Gasteiger partial charge in [-0.2, -0.15) is 0 Å². The van der Waals surface area contributed by atoms with E-state index in [2.05, 4.69) is 20.9 Å². The minimum absolute atomic E-state index is 0.743. The average Bonchev–Trinajstić information content (AvgIpc) is 2.53. The number of halogens is 1. The fourth-order valence-electron chi connectivity index (χ4n) is 1.15. The van der Waals surface area contributed by atoms with Crippen molar-refractivity contribution in [1.29, 1.82) is 0 Å². The van der Waals surface area contributed by atoms with Crippen molar-refractivity contribution in [2.24, 2.45) is 0 Å². The standard InChI is InChI=1S/C9H8BrN3/c10-9-5-13(6-12-9)8-4-2-1-3-7(8)11/h1-6H,11H2. The summed E-state index contributed by atoms with van der Waals surface area (Å²) in [4.78, 5) is 4.06. The Hall–Kier alpha value is -1.29. The van der Waals surface area contributed by atoms with Gasteiger partial charge < -0.3 is 10.3 Å². The molecule has 0 aliphatic heterocycles. The van der Waals surface area contributed by atoms with Crippen molar-refractivity contribution < 1.29 is 0 Å². The molecule has 66 valence electrons. The molecule has 2 N–H and O–H groups in total. The smallest absolute Gasteiger partial charge is 0.124 e. The molecule has 1 heterocycles. The zero-order valence-electron chi connectivity index (χ0n) is 6.81. The predicted octanol–water partition coefficient (Wildman–Crippen LogP) is 2.22. The molecule has 2 rings (SSSR count). The molecule has 0 bridgehead atoms. The van der Waals surface area contributed by atoms with E-state index in [4.69, 9.17) is 5.73 Å². The van der Waals surface area contributed by atoms with Crippen LogP contribution in [0.2, 0.25) is 0 Å². The SMILES string of the molecule is Nc1ccccc1-n1cnc(Br)c1. The fourth-order valence-corrected chi connectivity index (χ4v) is 1.47. The Morgan fingerprint density at radius 1 is 1.31 bits per heavy atom. The van der Waals surface area contributed by atoms with E-state index in [1.54, 1.807) is 6.33 Å². The summed E-state index contributed by atoms with van der Waals surface area (Å²) in [6.45, 7) is 0. The van der Waals surface area contributed by atoms with Crippen molar-refractivity contribution in [3.63, 3.8) is 0 Å². The third kappa shape index (κ3) is 1.58. The van der Waals surface area contributed by atoms with Crippen molar-refractivity contribution in [3.8, 4) is 5.69 Å². The maximum atomic E-state index is 5.80. The van der Waals surface area contributed by atoms with Gasteiger partial charge in [-0.05, 0) is 28.1 Å². The predicted molar refractivity (Wildman–Crippen MR) is 55.7 cm³/mol. The minimum Gasteiger partial charge on any atom is -0.397 e. The first-order valence-electron chi connectivity index (χ1n) is 3.82. The van der Waals surface area contributed by atoms with Crippen LogP contribution in [0.25, 0.3) is 5.69 Å². The van der Waals surface area contributed by atoms with E-state index in [1.807, 2.05) is 35.0 Å². The molecule has 3 nitrogen and oxygen atoms in total. The van der Waals surface area contributed by atoms with Crippen LogP contribution in [0.15, 0.2) is 41.4 Å². The van der Waals surface area contributed by atoms with E-state index in [9.17, 15) is 0 Å². The molecule has 0 saturated carbocycles. The highest BCUT2D eigenvalue weighted by molar-refractivity contribution is 9.10. The van der Waals surface area contributed by atoms with Crippen LogP contribution >= 0.6 is 15.9 Å². The Morgan fingerprint density at radius 2 is 2.08 bits per heavy atom. The zero-order chi connectivity index (χ0) is 9.26. The Balaban J connectivity index is 2.52. The number of aromatic nitrogens is 2. The Morgan fingerprint density at radius 3 is 2.69 bits per heavy atom. The minimum atomic E-state index is 0.743. The van der Waals surface area contributed by atoms with Crippen LogP contribution in [-0.4, -0.2) is 9.55 Å². The molecule has 0 saturated heterocycles. The molecule has 0 spiro atoms. The molecule has 1 aromatic heterocycles. The summed E-state index contributed by atoms with van der Waals surface area (Å²) in [5.41, 5.74) is 7.49. The number of imidazole rings is 1. The van der Waals surface area contributed by atoms with Crippen molar-refractivity contribution in [1.82, 2.24) is 9.55 Å². The van der Waals surface area contributed by atoms with Gasteiger partial charge in [-0.25, -0.2) is 4.98 Å². The van der Waals surface area contributed by atoms with E-state index < -0.39 is 0 Å². The molecule has 0 fully saturated rings. The maximum Gasteiger partial charge on any atom is 0.124 e. The Bertz CT molecular complexity index is 422. The summed E-state index contributed by atoms with van der Waals surface area (Å²) in [6.07, 6.45) is 3.58. The van der Waals surface area contributed by atoms with E-state index >= 15 is 0 Å². The molecule has 0 aliphatic rings. The third-order valence-electron chi connectivity index (χ3n) is 1.77. The molecule has 2 aromatic rings. The molecule has 4 heteroatoms. The number of benzene rings is 1. The highest BCUT2D eigenvalue weighted by Crippen LogP contribution is 2.17. The number of nitrogens with two attached hydrogens (primary N) is 1. The lowest BCUT2D eigenvalue weighted by Crippen LogP contribution is -1.96. The second-order valence-corrected chi connectivity index (χ2v) is 3.47. The second kappa shape index (κ2) is 3.22. The molecular weight excluding hydrogens is 230 g/mol. The van der Waals surface area contributed by atoms with Crippen LogP contribution in [0.4, 0.5) is 5.69 Å². The van der Waals surface area contributed by atoms with Crippen LogP contribution in [0, 0.1) is 0 Å².